The van der Waals surface area contributed by atoms with Crippen LogP contribution in [0.15, 0.2) is 30.5 Å². The lowest BCUT2D eigenvalue weighted by molar-refractivity contribution is 0.191. The molecule has 0 amide bonds. The van der Waals surface area contributed by atoms with Gasteiger partial charge in [-0.05, 0) is 36.8 Å². The number of aromatic nitrogens is 1. The fourth-order valence-electron chi connectivity index (χ4n) is 1.88. The van der Waals surface area contributed by atoms with Gasteiger partial charge in [-0.2, -0.15) is 0 Å². The van der Waals surface area contributed by atoms with E-state index in [1.165, 1.54) is 0 Å². The number of aliphatic hydroxyl groups excluding tert-OH is 1. The largest absolute Gasteiger partial charge is 0.497 e. The van der Waals surface area contributed by atoms with E-state index in [1.807, 2.05) is 24.3 Å². The highest BCUT2D eigenvalue weighted by Gasteiger charge is 2.04. The average Bonchev–Trinajstić information content (AvgIpc) is 2.38. The third-order valence-corrected chi connectivity index (χ3v) is 2.79. The maximum Gasteiger partial charge on any atom is 0.119 e. The van der Waals surface area contributed by atoms with Gasteiger partial charge in [0.1, 0.15) is 5.75 Å². The lowest BCUT2D eigenvalue weighted by Crippen LogP contribution is -2.23. The van der Waals surface area contributed by atoms with E-state index in [2.05, 4.69) is 10.3 Å². The smallest absolute Gasteiger partial charge is 0.119 e. The zero-order valence-corrected chi connectivity index (χ0v) is 10.7. The van der Waals surface area contributed by atoms with Gasteiger partial charge in [-0.25, -0.2) is 0 Å². The molecule has 2 rings (SSSR count). The summed E-state index contributed by atoms with van der Waals surface area (Å²) in [5, 5.41) is 13.5. The molecule has 2 aromatic rings. The van der Waals surface area contributed by atoms with Crippen LogP contribution in [-0.2, 0) is 6.54 Å². The summed E-state index contributed by atoms with van der Waals surface area (Å²) in [6.07, 6.45) is 1.46. The predicted octanol–water partition coefficient (Wildman–Crippen LogP) is 1.71. The minimum absolute atomic E-state index is 0.340. The molecule has 0 aliphatic rings. The second-order valence-corrected chi connectivity index (χ2v) is 4.33. The van der Waals surface area contributed by atoms with Crippen LogP contribution in [0, 0.1) is 0 Å². The number of ether oxygens (including phenoxy) is 1. The van der Waals surface area contributed by atoms with Gasteiger partial charge in [0.2, 0.25) is 0 Å². The molecule has 0 radical (unpaired) electrons. The maximum absolute atomic E-state index is 9.23. The molecule has 0 spiro atoms. The van der Waals surface area contributed by atoms with Gasteiger partial charge >= 0.3 is 0 Å². The van der Waals surface area contributed by atoms with Crippen LogP contribution < -0.4 is 10.1 Å². The number of nitrogens with zero attached hydrogens (tertiary/aromatic N) is 1. The SMILES string of the molecule is COc1ccc2nccc(CNC[C@@H](C)O)c2c1. The molecule has 2 N–H and O–H groups in total. The Balaban J connectivity index is 2.25. The lowest BCUT2D eigenvalue weighted by atomic mass is 10.1. The van der Waals surface area contributed by atoms with Crippen molar-refractivity contribution in [1.82, 2.24) is 10.3 Å². The van der Waals surface area contributed by atoms with E-state index in [0.29, 0.717) is 13.1 Å². The molecule has 0 fully saturated rings. The van der Waals surface area contributed by atoms with E-state index >= 15 is 0 Å². The summed E-state index contributed by atoms with van der Waals surface area (Å²) in [6.45, 7) is 3.05. The second-order valence-electron chi connectivity index (χ2n) is 4.33. The number of pyridine rings is 1. The van der Waals surface area contributed by atoms with Crippen molar-refractivity contribution in [2.75, 3.05) is 13.7 Å². The first-order chi connectivity index (χ1) is 8.70. The number of rotatable bonds is 5. The Morgan fingerprint density at radius 3 is 2.94 bits per heavy atom. The third kappa shape index (κ3) is 2.97. The van der Waals surface area contributed by atoms with E-state index in [1.54, 1.807) is 20.2 Å². The average molecular weight is 246 g/mol. The molecule has 0 aliphatic heterocycles. The summed E-state index contributed by atoms with van der Waals surface area (Å²) in [5.74, 6) is 0.826. The van der Waals surface area contributed by atoms with Crippen LogP contribution >= 0.6 is 0 Å². The van der Waals surface area contributed by atoms with Crippen molar-refractivity contribution in [3.63, 3.8) is 0 Å². The van der Waals surface area contributed by atoms with Gasteiger partial charge in [-0.3, -0.25) is 4.98 Å². The van der Waals surface area contributed by atoms with Crippen LogP contribution in [-0.4, -0.2) is 29.8 Å². The van der Waals surface area contributed by atoms with Crippen LogP contribution in [0.5, 0.6) is 5.75 Å². The Kier molecular flexibility index (Phi) is 4.12. The van der Waals surface area contributed by atoms with Crippen LogP contribution in [0.1, 0.15) is 12.5 Å². The lowest BCUT2D eigenvalue weighted by Gasteiger charge is -2.10. The van der Waals surface area contributed by atoms with Crippen molar-refractivity contribution in [3.8, 4) is 5.75 Å². The first-order valence-electron chi connectivity index (χ1n) is 6.01. The first-order valence-corrected chi connectivity index (χ1v) is 6.01. The van der Waals surface area contributed by atoms with Gasteiger partial charge in [-0.1, -0.05) is 0 Å². The molecule has 0 bridgehead atoms. The van der Waals surface area contributed by atoms with E-state index in [-0.39, 0.29) is 6.10 Å². The molecule has 1 atom stereocenters. The zero-order chi connectivity index (χ0) is 13.0. The fourth-order valence-corrected chi connectivity index (χ4v) is 1.88. The van der Waals surface area contributed by atoms with Crippen molar-refractivity contribution in [2.24, 2.45) is 0 Å². The van der Waals surface area contributed by atoms with Crippen molar-refractivity contribution in [3.05, 3.63) is 36.0 Å². The molecule has 0 saturated carbocycles. The second kappa shape index (κ2) is 5.80. The monoisotopic (exact) mass is 246 g/mol. The summed E-state index contributed by atoms with van der Waals surface area (Å²) >= 11 is 0. The molecule has 0 saturated heterocycles. The van der Waals surface area contributed by atoms with Gasteiger partial charge in [0.05, 0.1) is 18.7 Å². The third-order valence-electron chi connectivity index (χ3n) is 2.79. The minimum Gasteiger partial charge on any atom is -0.497 e. The normalized spacial score (nSPS) is 12.6. The van der Waals surface area contributed by atoms with Crippen molar-refractivity contribution in [1.29, 1.82) is 0 Å². The predicted molar refractivity (Wildman–Crippen MR) is 71.7 cm³/mol. The molecule has 4 nitrogen and oxygen atoms in total. The van der Waals surface area contributed by atoms with Crippen LogP contribution in [0.3, 0.4) is 0 Å². The molecule has 0 aliphatic carbocycles. The number of hydrogen-bond acceptors (Lipinski definition) is 4. The Hall–Kier alpha value is -1.65. The quantitative estimate of drug-likeness (QED) is 0.843. The van der Waals surface area contributed by atoms with E-state index in [9.17, 15) is 5.11 Å². The molecular formula is C14H18N2O2. The van der Waals surface area contributed by atoms with Crippen molar-refractivity contribution in [2.45, 2.75) is 19.6 Å². The molecule has 1 heterocycles. The summed E-state index contributed by atoms with van der Waals surface area (Å²) < 4.78 is 5.23. The molecule has 0 unspecified atom stereocenters. The maximum atomic E-state index is 9.23. The highest BCUT2D eigenvalue weighted by Crippen LogP contribution is 2.22. The van der Waals surface area contributed by atoms with Gasteiger partial charge in [-0.15, -0.1) is 0 Å². The first kappa shape index (κ1) is 12.8. The summed E-state index contributed by atoms with van der Waals surface area (Å²) in [6, 6.07) is 7.83. The van der Waals surface area contributed by atoms with Crippen LogP contribution in [0.4, 0.5) is 0 Å². The molecule has 1 aromatic carbocycles. The Bertz CT molecular complexity index is 526. The highest BCUT2D eigenvalue weighted by atomic mass is 16.5. The Morgan fingerprint density at radius 1 is 1.39 bits per heavy atom. The number of fused-ring (bicyclic) bond motifs is 1. The number of nitrogens with one attached hydrogen (secondary N) is 1. The van der Waals surface area contributed by atoms with Crippen LogP contribution in [0.25, 0.3) is 10.9 Å². The topological polar surface area (TPSA) is 54.4 Å². The van der Waals surface area contributed by atoms with E-state index < -0.39 is 0 Å². The minimum atomic E-state index is -0.340. The summed E-state index contributed by atoms with van der Waals surface area (Å²) in [4.78, 5) is 4.33. The Labute approximate surface area is 107 Å². The zero-order valence-electron chi connectivity index (χ0n) is 10.7. The van der Waals surface area contributed by atoms with Crippen molar-refractivity contribution >= 4 is 10.9 Å². The summed E-state index contributed by atoms with van der Waals surface area (Å²) in [5.41, 5.74) is 2.10. The van der Waals surface area contributed by atoms with Gasteiger partial charge in [0, 0.05) is 24.7 Å². The van der Waals surface area contributed by atoms with Gasteiger partial charge < -0.3 is 15.2 Å². The number of aliphatic hydroxyl groups is 1. The standard InChI is InChI=1S/C14H18N2O2/c1-10(17)8-15-9-11-5-6-16-14-4-3-12(18-2)7-13(11)14/h3-7,10,15,17H,8-9H2,1-2H3/t10-/m1/s1. The number of benzene rings is 1. The molecule has 18 heavy (non-hydrogen) atoms. The van der Waals surface area contributed by atoms with Gasteiger partial charge in [0.25, 0.3) is 0 Å². The fraction of sp³-hybridized carbons (Fsp3) is 0.357. The number of methoxy groups -OCH3 is 1. The highest BCUT2D eigenvalue weighted by molar-refractivity contribution is 5.83. The Morgan fingerprint density at radius 2 is 2.22 bits per heavy atom. The van der Waals surface area contributed by atoms with Crippen LogP contribution in [0.2, 0.25) is 0 Å². The van der Waals surface area contributed by atoms with Gasteiger partial charge in [0.15, 0.2) is 0 Å². The van der Waals surface area contributed by atoms with Crippen molar-refractivity contribution < 1.29 is 9.84 Å². The number of hydrogen-bond donors (Lipinski definition) is 2. The summed E-state index contributed by atoms with van der Waals surface area (Å²) in [7, 11) is 1.66. The molecule has 1 aromatic heterocycles. The van der Waals surface area contributed by atoms with E-state index in [4.69, 9.17) is 4.74 Å². The van der Waals surface area contributed by atoms with E-state index in [0.717, 1.165) is 22.2 Å². The molecule has 96 valence electrons. The molecule has 4 heteroatoms. The molecular weight excluding hydrogens is 228 g/mol.